The molecule has 0 spiro atoms. The van der Waals surface area contributed by atoms with Crippen molar-refractivity contribution in [2.24, 2.45) is 4.99 Å². The van der Waals surface area contributed by atoms with Crippen molar-refractivity contribution in [1.82, 2.24) is 0 Å². The van der Waals surface area contributed by atoms with Crippen LogP contribution in [0.4, 0.5) is 11.4 Å². The molecular formula is C24H23N3O3. The van der Waals surface area contributed by atoms with Crippen molar-refractivity contribution in [2.75, 3.05) is 17.3 Å². The number of likely N-dealkylation sites (N-methyl/N-ethyl adjacent to an activating group) is 1. The number of amides is 1. The van der Waals surface area contributed by atoms with Gasteiger partial charge in [-0.25, -0.2) is 9.79 Å². The summed E-state index contributed by atoms with van der Waals surface area (Å²) in [6, 6.07) is 15.3. The highest BCUT2D eigenvalue weighted by molar-refractivity contribution is 6.11. The number of hydrogen-bond acceptors (Lipinski definition) is 5. The van der Waals surface area contributed by atoms with Crippen LogP contribution < -0.4 is 10.2 Å². The molecule has 0 unspecified atom stereocenters. The first-order chi connectivity index (χ1) is 14.3. The number of hydrogen-bond donors (Lipinski definition) is 1. The third kappa shape index (κ3) is 3.41. The van der Waals surface area contributed by atoms with Crippen molar-refractivity contribution < 1.29 is 14.3 Å². The molecule has 0 bridgehead atoms. The van der Waals surface area contributed by atoms with Gasteiger partial charge in [0.1, 0.15) is 0 Å². The molecule has 0 aliphatic carbocycles. The summed E-state index contributed by atoms with van der Waals surface area (Å²) in [7, 11) is 2.02. The van der Waals surface area contributed by atoms with Gasteiger partial charge in [0.2, 0.25) is 11.8 Å². The molecule has 2 aliphatic heterocycles. The van der Waals surface area contributed by atoms with E-state index < -0.39 is 5.97 Å². The van der Waals surface area contributed by atoms with Crippen LogP contribution in [0.25, 0.3) is 0 Å². The minimum Gasteiger partial charge on any atom is -0.402 e. The average molecular weight is 401 g/mol. The van der Waals surface area contributed by atoms with E-state index in [1.54, 1.807) is 30.3 Å². The Hall–Kier alpha value is -3.67. The van der Waals surface area contributed by atoms with Crippen LogP contribution in [0.1, 0.15) is 31.9 Å². The van der Waals surface area contributed by atoms with Crippen molar-refractivity contribution in [3.05, 3.63) is 83.2 Å². The van der Waals surface area contributed by atoms with Crippen LogP contribution in [0.3, 0.4) is 0 Å². The number of cyclic esters (lactones) is 1. The van der Waals surface area contributed by atoms with E-state index >= 15 is 0 Å². The van der Waals surface area contributed by atoms with Crippen LogP contribution in [0.2, 0.25) is 0 Å². The number of fused-ring (bicyclic) bond motifs is 1. The summed E-state index contributed by atoms with van der Waals surface area (Å²) < 4.78 is 5.35. The monoisotopic (exact) mass is 401 g/mol. The topological polar surface area (TPSA) is 71.0 Å². The minimum absolute atomic E-state index is 0.146. The lowest BCUT2D eigenvalue weighted by atomic mass is 9.84. The molecule has 0 aromatic heterocycles. The zero-order chi connectivity index (χ0) is 21.5. The Labute approximate surface area is 175 Å². The maximum absolute atomic E-state index is 12.3. The predicted octanol–water partition coefficient (Wildman–Crippen LogP) is 4.14. The van der Waals surface area contributed by atoms with Crippen LogP contribution in [0.15, 0.2) is 77.1 Å². The molecular weight excluding hydrogens is 378 g/mol. The number of ether oxygens (including phenoxy) is 1. The summed E-state index contributed by atoms with van der Waals surface area (Å²) in [4.78, 5) is 30.0. The second-order valence-corrected chi connectivity index (χ2v) is 7.87. The largest absolute Gasteiger partial charge is 0.402 e. The number of allylic oxidation sites excluding steroid dienone is 3. The fourth-order valence-corrected chi connectivity index (χ4v) is 3.91. The van der Waals surface area contributed by atoms with Gasteiger partial charge in [-0.1, -0.05) is 32.0 Å². The predicted molar refractivity (Wildman–Crippen MR) is 117 cm³/mol. The first-order valence-electron chi connectivity index (χ1n) is 9.72. The smallest absolute Gasteiger partial charge is 0.363 e. The summed E-state index contributed by atoms with van der Waals surface area (Å²) in [6.45, 7) is 5.78. The Morgan fingerprint density at radius 2 is 1.80 bits per heavy atom. The Morgan fingerprint density at radius 3 is 2.47 bits per heavy atom. The lowest BCUT2D eigenvalue weighted by molar-refractivity contribution is -0.130. The molecule has 30 heavy (non-hydrogen) atoms. The van der Waals surface area contributed by atoms with Crippen molar-refractivity contribution in [2.45, 2.75) is 26.2 Å². The standard InChI is InChI=1S/C24H23N3O3/c1-15(28)25-17-11-9-16(10-12-17)22-26-19(23(29)30-22)13-14-21-24(2,3)18-7-5-6-8-20(18)27(21)4/h5-14H,1-4H3,(H,25,28)/b19-13+,21-14-. The van der Waals surface area contributed by atoms with Gasteiger partial charge in [-0.15, -0.1) is 0 Å². The van der Waals surface area contributed by atoms with Gasteiger partial charge >= 0.3 is 5.97 Å². The van der Waals surface area contributed by atoms with E-state index in [1.165, 1.54) is 12.5 Å². The summed E-state index contributed by atoms with van der Waals surface area (Å²) in [5.74, 6) is -0.377. The maximum atomic E-state index is 12.3. The van der Waals surface area contributed by atoms with E-state index in [0.717, 1.165) is 11.4 Å². The second-order valence-electron chi connectivity index (χ2n) is 7.87. The fourth-order valence-electron chi connectivity index (χ4n) is 3.91. The average Bonchev–Trinajstić information content (AvgIpc) is 3.16. The lowest BCUT2D eigenvalue weighted by Gasteiger charge is -2.23. The summed E-state index contributed by atoms with van der Waals surface area (Å²) in [5.41, 5.74) is 4.88. The molecule has 1 amide bonds. The minimum atomic E-state index is -0.483. The molecule has 6 heteroatoms. The molecule has 0 radical (unpaired) electrons. The number of rotatable bonds is 3. The quantitative estimate of drug-likeness (QED) is 0.620. The number of aliphatic imine (C=N–C) groups is 1. The van der Waals surface area contributed by atoms with Crippen LogP contribution in [0, 0.1) is 0 Å². The van der Waals surface area contributed by atoms with Crippen molar-refractivity contribution in [1.29, 1.82) is 0 Å². The molecule has 0 saturated carbocycles. The number of esters is 1. The Morgan fingerprint density at radius 1 is 1.10 bits per heavy atom. The molecule has 0 fully saturated rings. The van der Waals surface area contributed by atoms with Gasteiger partial charge < -0.3 is 15.0 Å². The van der Waals surface area contributed by atoms with Gasteiger partial charge in [-0.05, 0) is 48.0 Å². The van der Waals surface area contributed by atoms with E-state index in [1.807, 2.05) is 25.3 Å². The number of anilines is 2. The van der Waals surface area contributed by atoms with Crippen molar-refractivity contribution >= 4 is 29.1 Å². The zero-order valence-electron chi connectivity index (χ0n) is 17.4. The molecule has 2 aliphatic rings. The second kappa shape index (κ2) is 7.30. The van der Waals surface area contributed by atoms with Crippen LogP contribution in [-0.2, 0) is 19.7 Å². The third-order valence-electron chi connectivity index (χ3n) is 5.41. The van der Waals surface area contributed by atoms with Gasteiger partial charge in [-0.3, -0.25) is 4.79 Å². The Balaban J connectivity index is 1.61. The normalized spacial score (nSPS) is 19.7. The number of benzene rings is 2. The highest BCUT2D eigenvalue weighted by Crippen LogP contribution is 2.46. The lowest BCUT2D eigenvalue weighted by Crippen LogP contribution is -2.22. The van der Waals surface area contributed by atoms with E-state index in [2.05, 4.69) is 41.2 Å². The molecule has 0 saturated heterocycles. The fraction of sp³-hybridized carbons (Fsp3) is 0.208. The molecule has 2 aromatic rings. The summed E-state index contributed by atoms with van der Waals surface area (Å²) in [6.07, 6.45) is 3.64. The van der Waals surface area contributed by atoms with Crippen LogP contribution in [-0.4, -0.2) is 24.8 Å². The first-order valence-corrected chi connectivity index (χ1v) is 9.72. The van der Waals surface area contributed by atoms with Gasteiger partial charge in [0.05, 0.1) is 0 Å². The summed E-state index contributed by atoms with van der Waals surface area (Å²) >= 11 is 0. The van der Waals surface area contributed by atoms with E-state index in [-0.39, 0.29) is 22.9 Å². The number of para-hydroxylation sites is 1. The molecule has 0 atom stereocenters. The van der Waals surface area contributed by atoms with Crippen LogP contribution in [0.5, 0.6) is 0 Å². The number of carbonyl (C=O) groups is 2. The molecule has 4 rings (SSSR count). The third-order valence-corrected chi connectivity index (χ3v) is 5.41. The molecule has 1 N–H and O–H groups in total. The maximum Gasteiger partial charge on any atom is 0.363 e. The number of nitrogens with zero attached hydrogens (tertiary/aromatic N) is 2. The highest BCUT2D eigenvalue weighted by Gasteiger charge is 2.38. The van der Waals surface area contributed by atoms with E-state index in [9.17, 15) is 9.59 Å². The SMILES string of the molecule is CC(=O)Nc1ccc(C2=N/C(=C/C=C3\N(C)c4ccccc4C3(C)C)C(=O)O2)cc1. The van der Waals surface area contributed by atoms with E-state index in [0.29, 0.717) is 11.3 Å². The number of nitrogens with one attached hydrogen (secondary N) is 1. The van der Waals surface area contributed by atoms with Gasteiger partial charge in [0.15, 0.2) is 5.70 Å². The molecule has 2 aromatic carbocycles. The number of carbonyl (C=O) groups excluding carboxylic acids is 2. The van der Waals surface area contributed by atoms with Crippen molar-refractivity contribution in [3.63, 3.8) is 0 Å². The summed E-state index contributed by atoms with van der Waals surface area (Å²) in [5, 5.41) is 2.70. The van der Waals surface area contributed by atoms with Gasteiger partial charge in [-0.2, -0.15) is 0 Å². The zero-order valence-corrected chi connectivity index (χ0v) is 17.4. The highest BCUT2D eigenvalue weighted by atomic mass is 16.6. The van der Waals surface area contributed by atoms with Gasteiger partial charge in [0.25, 0.3) is 0 Å². The first kappa shape index (κ1) is 19.6. The Bertz CT molecular complexity index is 1120. The molecule has 152 valence electrons. The van der Waals surface area contributed by atoms with Gasteiger partial charge in [0, 0.05) is 42.0 Å². The molecule has 6 nitrogen and oxygen atoms in total. The molecule has 2 heterocycles. The Kier molecular flexibility index (Phi) is 4.78. The van der Waals surface area contributed by atoms with Crippen LogP contribution >= 0.6 is 0 Å². The van der Waals surface area contributed by atoms with Crippen molar-refractivity contribution in [3.8, 4) is 0 Å². The van der Waals surface area contributed by atoms with E-state index in [4.69, 9.17) is 4.74 Å².